The maximum atomic E-state index is 4.43. The molecule has 1 aliphatic rings. The third-order valence-corrected chi connectivity index (χ3v) is 4.63. The average molecular weight is 470 g/mol. The van der Waals surface area contributed by atoms with Crippen molar-refractivity contribution >= 4 is 35.8 Å². The van der Waals surface area contributed by atoms with Crippen molar-refractivity contribution in [2.75, 3.05) is 25.0 Å². The molecule has 8 nitrogen and oxygen atoms in total. The number of aliphatic imine (C=N–C) groups is 1. The first-order chi connectivity index (χ1) is 12.2. The van der Waals surface area contributed by atoms with E-state index in [2.05, 4.69) is 41.8 Å². The fourth-order valence-electron chi connectivity index (χ4n) is 2.95. The average Bonchev–Trinajstić information content (AvgIpc) is 2.98. The van der Waals surface area contributed by atoms with Crippen LogP contribution in [0.3, 0.4) is 0 Å². The minimum Gasteiger partial charge on any atom is -0.356 e. The van der Waals surface area contributed by atoms with E-state index in [4.69, 9.17) is 0 Å². The molecule has 0 spiro atoms. The Morgan fingerprint density at radius 3 is 2.62 bits per heavy atom. The van der Waals surface area contributed by atoms with Crippen LogP contribution in [0, 0.1) is 6.92 Å². The Morgan fingerprint density at radius 2 is 2.04 bits per heavy atom. The van der Waals surface area contributed by atoms with Crippen molar-refractivity contribution in [3.63, 3.8) is 0 Å². The van der Waals surface area contributed by atoms with Gasteiger partial charge in [0.25, 0.3) is 0 Å². The molecule has 0 aromatic carbocycles. The summed E-state index contributed by atoms with van der Waals surface area (Å²) in [6.45, 7) is 4.53. The molecule has 2 N–H and O–H groups in total. The minimum atomic E-state index is 0. The molecule has 0 amide bonds. The molecule has 0 bridgehead atoms. The van der Waals surface area contributed by atoms with Crippen molar-refractivity contribution in [2.24, 2.45) is 12.0 Å². The number of piperidine rings is 1. The molecule has 0 unspecified atom stereocenters. The van der Waals surface area contributed by atoms with Gasteiger partial charge < -0.3 is 20.1 Å². The predicted octanol–water partition coefficient (Wildman–Crippen LogP) is 1.47. The fraction of sp³-hybridized carbons (Fsp3) is 0.529. The second-order valence-electron chi connectivity index (χ2n) is 6.24. The zero-order chi connectivity index (χ0) is 17.6. The van der Waals surface area contributed by atoms with Crippen LogP contribution in [-0.4, -0.2) is 51.9 Å². The molecule has 0 aliphatic carbocycles. The smallest absolute Gasteiger partial charge is 0.191 e. The van der Waals surface area contributed by atoms with E-state index in [-0.39, 0.29) is 24.0 Å². The Hall–Kier alpha value is -1.91. The number of anilines is 1. The number of hydrogen-bond acceptors (Lipinski definition) is 5. The van der Waals surface area contributed by atoms with Crippen molar-refractivity contribution in [2.45, 2.75) is 32.4 Å². The molecule has 2 aromatic heterocycles. The van der Waals surface area contributed by atoms with E-state index in [0.717, 1.165) is 49.4 Å². The summed E-state index contributed by atoms with van der Waals surface area (Å²) in [6, 6.07) is 6.46. The van der Waals surface area contributed by atoms with Gasteiger partial charge in [0.1, 0.15) is 11.6 Å². The number of pyridine rings is 1. The van der Waals surface area contributed by atoms with E-state index in [1.54, 1.807) is 7.05 Å². The summed E-state index contributed by atoms with van der Waals surface area (Å²) in [5, 5.41) is 15.1. The largest absolute Gasteiger partial charge is 0.356 e. The molecule has 9 heteroatoms. The first-order valence-corrected chi connectivity index (χ1v) is 8.65. The summed E-state index contributed by atoms with van der Waals surface area (Å²) in [5.41, 5.74) is 0. The second kappa shape index (κ2) is 9.70. The number of guanidine groups is 1. The maximum absolute atomic E-state index is 4.43. The molecule has 0 atom stereocenters. The Balaban J connectivity index is 0.00000243. The van der Waals surface area contributed by atoms with Gasteiger partial charge in [-0.2, -0.15) is 0 Å². The van der Waals surface area contributed by atoms with Crippen molar-refractivity contribution in [1.82, 2.24) is 30.4 Å². The number of nitrogens with zero attached hydrogens (tertiary/aromatic N) is 6. The molecule has 0 radical (unpaired) electrons. The first-order valence-electron chi connectivity index (χ1n) is 8.65. The van der Waals surface area contributed by atoms with Crippen LogP contribution in [0.2, 0.25) is 0 Å². The molecule has 3 rings (SSSR count). The van der Waals surface area contributed by atoms with Crippen molar-refractivity contribution < 1.29 is 0 Å². The van der Waals surface area contributed by atoms with Gasteiger partial charge in [-0.15, -0.1) is 34.2 Å². The summed E-state index contributed by atoms with van der Waals surface area (Å²) in [7, 11) is 3.76. The SMILES string of the molecule is CN=C(NCc1nnc(C)n1C)NC1CCN(c2ccccn2)CC1.I. The second-order valence-corrected chi connectivity index (χ2v) is 6.24. The Morgan fingerprint density at radius 1 is 1.27 bits per heavy atom. The summed E-state index contributed by atoms with van der Waals surface area (Å²) in [5.74, 6) is 3.66. The van der Waals surface area contributed by atoms with Crippen LogP contribution in [0.1, 0.15) is 24.5 Å². The third-order valence-electron chi connectivity index (χ3n) is 4.63. The molecule has 3 heterocycles. The van der Waals surface area contributed by atoms with Crippen LogP contribution < -0.4 is 15.5 Å². The van der Waals surface area contributed by atoms with Gasteiger partial charge in [-0.25, -0.2) is 4.98 Å². The van der Waals surface area contributed by atoms with Crippen LogP contribution in [0.25, 0.3) is 0 Å². The highest BCUT2D eigenvalue weighted by molar-refractivity contribution is 14.0. The van der Waals surface area contributed by atoms with Gasteiger partial charge in [-0.1, -0.05) is 6.07 Å². The highest BCUT2D eigenvalue weighted by Crippen LogP contribution is 2.17. The lowest BCUT2D eigenvalue weighted by Crippen LogP contribution is -2.48. The minimum absolute atomic E-state index is 0. The van der Waals surface area contributed by atoms with E-state index in [1.807, 2.05) is 36.9 Å². The number of halogens is 1. The van der Waals surface area contributed by atoms with Crippen molar-refractivity contribution in [3.05, 3.63) is 36.0 Å². The molecule has 26 heavy (non-hydrogen) atoms. The molecule has 2 aromatic rings. The van der Waals surface area contributed by atoms with Crippen LogP contribution in [0.15, 0.2) is 29.4 Å². The lowest BCUT2D eigenvalue weighted by molar-refractivity contribution is 0.459. The topological polar surface area (TPSA) is 83.3 Å². The van der Waals surface area contributed by atoms with E-state index in [1.165, 1.54) is 0 Å². The van der Waals surface area contributed by atoms with Crippen LogP contribution in [0.5, 0.6) is 0 Å². The van der Waals surface area contributed by atoms with Gasteiger partial charge >= 0.3 is 0 Å². The standard InChI is InChI=1S/C17H26N8.HI/c1-13-22-23-16(24(13)3)12-20-17(18-2)21-14-7-10-25(11-8-14)15-6-4-5-9-19-15;/h4-6,9,14H,7-8,10-12H2,1-3H3,(H2,18,20,21);1H. The zero-order valence-electron chi connectivity index (χ0n) is 15.5. The van der Waals surface area contributed by atoms with Crippen LogP contribution >= 0.6 is 24.0 Å². The molecule has 1 aliphatic heterocycles. The Labute approximate surface area is 171 Å². The molecule has 0 saturated carbocycles. The number of nitrogens with one attached hydrogen (secondary N) is 2. The van der Waals surface area contributed by atoms with Crippen molar-refractivity contribution in [1.29, 1.82) is 0 Å². The monoisotopic (exact) mass is 470 g/mol. The number of rotatable bonds is 4. The molecular weight excluding hydrogens is 443 g/mol. The van der Waals surface area contributed by atoms with Gasteiger partial charge in [-0.3, -0.25) is 4.99 Å². The molecular formula is C17H27IN8. The lowest BCUT2D eigenvalue weighted by atomic mass is 10.1. The van der Waals surface area contributed by atoms with E-state index >= 15 is 0 Å². The van der Waals surface area contributed by atoms with Gasteiger partial charge in [0, 0.05) is 39.4 Å². The van der Waals surface area contributed by atoms with E-state index < -0.39 is 0 Å². The third kappa shape index (κ3) is 5.05. The molecule has 1 saturated heterocycles. The van der Waals surface area contributed by atoms with Crippen LogP contribution in [-0.2, 0) is 13.6 Å². The highest BCUT2D eigenvalue weighted by atomic mass is 127. The normalized spacial score (nSPS) is 15.5. The predicted molar refractivity (Wildman–Crippen MR) is 114 cm³/mol. The molecule has 1 fully saturated rings. The highest BCUT2D eigenvalue weighted by Gasteiger charge is 2.20. The fourth-order valence-corrected chi connectivity index (χ4v) is 2.95. The zero-order valence-corrected chi connectivity index (χ0v) is 17.8. The molecule has 142 valence electrons. The number of aromatic nitrogens is 4. The van der Waals surface area contributed by atoms with Crippen molar-refractivity contribution in [3.8, 4) is 0 Å². The maximum Gasteiger partial charge on any atom is 0.191 e. The van der Waals surface area contributed by atoms with Gasteiger partial charge in [0.2, 0.25) is 0 Å². The van der Waals surface area contributed by atoms with E-state index in [0.29, 0.717) is 12.6 Å². The van der Waals surface area contributed by atoms with Gasteiger partial charge in [0.15, 0.2) is 11.8 Å². The van der Waals surface area contributed by atoms with Gasteiger partial charge in [0.05, 0.1) is 6.54 Å². The van der Waals surface area contributed by atoms with Gasteiger partial charge in [-0.05, 0) is 31.9 Å². The summed E-state index contributed by atoms with van der Waals surface area (Å²) < 4.78 is 1.98. The Kier molecular flexibility index (Phi) is 7.61. The lowest BCUT2D eigenvalue weighted by Gasteiger charge is -2.33. The summed E-state index contributed by atoms with van der Waals surface area (Å²) >= 11 is 0. The summed E-state index contributed by atoms with van der Waals surface area (Å²) in [6.07, 6.45) is 3.96. The van der Waals surface area contributed by atoms with E-state index in [9.17, 15) is 0 Å². The Bertz CT molecular complexity index is 707. The number of aryl methyl sites for hydroxylation is 1. The summed E-state index contributed by atoms with van der Waals surface area (Å²) in [4.78, 5) is 11.1. The number of hydrogen-bond donors (Lipinski definition) is 2. The van der Waals surface area contributed by atoms with Crippen LogP contribution in [0.4, 0.5) is 5.82 Å². The quantitative estimate of drug-likeness (QED) is 0.400. The first kappa shape index (κ1) is 20.4.